The van der Waals surface area contributed by atoms with Gasteiger partial charge in [0.05, 0.1) is 15.2 Å². The summed E-state index contributed by atoms with van der Waals surface area (Å²) in [6.45, 7) is 0. The van der Waals surface area contributed by atoms with E-state index >= 15 is 0 Å². The molecule has 1 aliphatic carbocycles. The smallest absolute Gasteiger partial charge is 0.0972 e. The molecule has 0 spiro atoms. The summed E-state index contributed by atoms with van der Waals surface area (Å²) in [6, 6.07) is 24.0. The van der Waals surface area contributed by atoms with E-state index in [1.54, 1.807) is 0 Å². The minimum Gasteiger partial charge on any atom is -0.399 e. The van der Waals surface area contributed by atoms with Crippen molar-refractivity contribution in [1.29, 1.82) is 0 Å². The number of benzene rings is 4. The topological polar surface area (TPSA) is 38.9 Å². The summed E-state index contributed by atoms with van der Waals surface area (Å²) in [5.41, 5.74) is 10.8. The maximum atomic E-state index is 5.95. The van der Waals surface area contributed by atoms with Crippen molar-refractivity contribution in [1.82, 2.24) is 4.98 Å². The van der Waals surface area contributed by atoms with Crippen LogP contribution in [-0.2, 0) is 12.8 Å². The zero-order chi connectivity index (χ0) is 18.7. The average Bonchev–Trinajstić information content (AvgIpc) is 3.16. The molecule has 136 valence electrons. The highest BCUT2D eigenvalue weighted by Gasteiger charge is 2.24. The van der Waals surface area contributed by atoms with Crippen molar-refractivity contribution in [3.05, 3.63) is 82.9 Å². The van der Waals surface area contributed by atoms with Gasteiger partial charge in [-0.05, 0) is 70.1 Å². The maximum Gasteiger partial charge on any atom is 0.0972 e. The highest BCUT2D eigenvalue weighted by Crippen LogP contribution is 2.40. The molecular weight excluding hydrogens is 360 g/mol. The van der Waals surface area contributed by atoms with Gasteiger partial charge in [-0.25, -0.2) is 4.98 Å². The minimum atomic E-state index is 0.489. The lowest BCUT2D eigenvalue weighted by Gasteiger charge is -2.25. The molecule has 0 amide bonds. The van der Waals surface area contributed by atoms with Gasteiger partial charge in [-0.2, -0.15) is 0 Å². The van der Waals surface area contributed by atoms with Gasteiger partial charge < -0.3 is 5.73 Å². The molecule has 0 saturated heterocycles. The van der Waals surface area contributed by atoms with Crippen molar-refractivity contribution < 1.29 is 0 Å². The molecule has 6 rings (SSSR count). The van der Waals surface area contributed by atoms with Crippen LogP contribution in [0, 0.1) is 0 Å². The molecule has 0 saturated carbocycles. The number of nitrogens with two attached hydrogens (primary N) is 1. The Morgan fingerprint density at radius 1 is 0.893 bits per heavy atom. The molecule has 0 aliphatic heterocycles. The number of anilines is 1. The molecule has 0 bridgehead atoms. The Morgan fingerprint density at radius 3 is 2.75 bits per heavy atom. The normalized spacial score (nSPS) is 16.6. The van der Waals surface area contributed by atoms with Crippen LogP contribution < -0.4 is 5.73 Å². The summed E-state index contributed by atoms with van der Waals surface area (Å²) in [5.74, 6) is 0.489. The van der Waals surface area contributed by atoms with Crippen LogP contribution in [0.1, 0.15) is 28.5 Å². The Hall–Kier alpha value is -2.91. The molecule has 1 aromatic heterocycles. The first kappa shape index (κ1) is 16.1. The van der Waals surface area contributed by atoms with Crippen molar-refractivity contribution in [2.45, 2.75) is 25.2 Å². The molecule has 1 heterocycles. The van der Waals surface area contributed by atoms with Crippen LogP contribution >= 0.6 is 11.3 Å². The van der Waals surface area contributed by atoms with Gasteiger partial charge in [0, 0.05) is 11.6 Å². The second kappa shape index (κ2) is 6.05. The summed E-state index contributed by atoms with van der Waals surface area (Å²) in [7, 11) is 0. The fourth-order valence-electron chi connectivity index (χ4n) is 4.70. The van der Waals surface area contributed by atoms with Gasteiger partial charge in [-0.15, -0.1) is 11.3 Å². The first-order chi connectivity index (χ1) is 13.8. The second-order valence-corrected chi connectivity index (χ2v) is 8.87. The first-order valence-corrected chi connectivity index (χ1v) is 10.7. The van der Waals surface area contributed by atoms with E-state index < -0.39 is 0 Å². The summed E-state index contributed by atoms with van der Waals surface area (Å²) in [6.07, 6.45) is 3.36. The molecule has 0 radical (unpaired) electrons. The van der Waals surface area contributed by atoms with Gasteiger partial charge in [0.2, 0.25) is 0 Å². The Labute approximate surface area is 167 Å². The van der Waals surface area contributed by atoms with E-state index in [2.05, 4.69) is 54.6 Å². The van der Waals surface area contributed by atoms with Crippen LogP contribution in [0.25, 0.3) is 31.8 Å². The molecule has 1 atom stereocenters. The van der Waals surface area contributed by atoms with Gasteiger partial charge in [-0.3, -0.25) is 0 Å². The molecule has 1 aliphatic rings. The Kier molecular flexibility index (Phi) is 3.47. The number of rotatable bonds is 1. The fourth-order valence-corrected chi connectivity index (χ4v) is 5.78. The summed E-state index contributed by atoms with van der Waals surface area (Å²) in [5, 5.41) is 6.69. The molecule has 3 heteroatoms. The van der Waals surface area contributed by atoms with E-state index in [9.17, 15) is 0 Å². The van der Waals surface area contributed by atoms with Crippen LogP contribution in [0.2, 0.25) is 0 Å². The van der Waals surface area contributed by atoms with E-state index in [-0.39, 0.29) is 0 Å². The zero-order valence-corrected chi connectivity index (χ0v) is 16.3. The van der Waals surface area contributed by atoms with Crippen molar-refractivity contribution in [3.63, 3.8) is 0 Å². The second-order valence-electron chi connectivity index (χ2n) is 7.80. The van der Waals surface area contributed by atoms with Crippen LogP contribution in [0.5, 0.6) is 0 Å². The lowest BCUT2D eigenvalue weighted by atomic mass is 9.81. The molecule has 2 N–H and O–H groups in total. The van der Waals surface area contributed by atoms with E-state index in [1.165, 1.54) is 48.8 Å². The number of fused-ring (bicyclic) bond motifs is 6. The van der Waals surface area contributed by atoms with Gasteiger partial charge >= 0.3 is 0 Å². The van der Waals surface area contributed by atoms with Gasteiger partial charge in [0.15, 0.2) is 0 Å². The third kappa shape index (κ3) is 2.43. The van der Waals surface area contributed by atoms with Crippen molar-refractivity contribution in [3.8, 4) is 0 Å². The fraction of sp³-hybridized carbons (Fsp3) is 0.160. The third-order valence-corrected chi connectivity index (χ3v) is 7.32. The third-order valence-electron chi connectivity index (χ3n) is 6.12. The molecule has 1 unspecified atom stereocenters. The standard InChI is InChI=1S/C25H20N2S/c26-18-9-12-24-23(14-18)27-25(28-24)17-6-5-16-8-10-20-19-4-2-1-3-15(19)7-11-21(20)22(16)13-17/h1-4,7-12,14,17H,5-6,13,26H2. The van der Waals surface area contributed by atoms with Crippen LogP contribution in [-0.4, -0.2) is 4.98 Å². The highest BCUT2D eigenvalue weighted by atomic mass is 32.1. The Bertz CT molecular complexity index is 1370. The first-order valence-electron chi connectivity index (χ1n) is 9.84. The van der Waals surface area contributed by atoms with E-state index in [0.29, 0.717) is 5.92 Å². The van der Waals surface area contributed by atoms with Crippen LogP contribution in [0.4, 0.5) is 5.69 Å². The molecule has 0 fully saturated rings. The molecule has 5 aromatic rings. The number of nitrogen functional groups attached to an aromatic ring is 1. The molecular formula is C25H20N2S. The average molecular weight is 381 g/mol. The number of nitrogens with zero attached hydrogens (tertiary/aromatic N) is 1. The SMILES string of the molecule is Nc1ccc2sc(C3CCc4ccc5c(ccc6ccccc65)c4C3)nc2c1. The van der Waals surface area contributed by atoms with Crippen LogP contribution in [0.3, 0.4) is 0 Å². The number of hydrogen-bond acceptors (Lipinski definition) is 3. The number of hydrogen-bond donors (Lipinski definition) is 1. The van der Waals surface area contributed by atoms with Gasteiger partial charge in [0.1, 0.15) is 0 Å². The quantitative estimate of drug-likeness (QED) is 0.268. The van der Waals surface area contributed by atoms with Crippen molar-refractivity contribution in [2.24, 2.45) is 0 Å². The van der Waals surface area contributed by atoms with E-state index in [4.69, 9.17) is 10.7 Å². The summed E-state index contributed by atoms with van der Waals surface area (Å²) in [4.78, 5) is 4.94. The predicted octanol–water partition coefficient (Wildman–Crippen LogP) is 6.46. The van der Waals surface area contributed by atoms with Crippen molar-refractivity contribution in [2.75, 3.05) is 5.73 Å². The largest absolute Gasteiger partial charge is 0.399 e. The monoisotopic (exact) mass is 380 g/mol. The number of thiazole rings is 1. The lowest BCUT2D eigenvalue weighted by Crippen LogP contribution is -2.13. The lowest BCUT2D eigenvalue weighted by molar-refractivity contribution is 0.586. The predicted molar refractivity (Wildman–Crippen MR) is 120 cm³/mol. The minimum absolute atomic E-state index is 0.489. The number of aromatic nitrogens is 1. The van der Waals surface area contributed by atoms with Gasteiger partial charge in [0.25, 0.3) is 0 Å². The van der Waals surface area contributed by atoms with E-state index in [1.807, 2.05) is 23.5 Å². The number of aryl methyl sites for hydroxylation is 1. The molecule has 4 aromatic carbocycles. The molecule has 2 nitrogen and oxygen atoms in total. The highest BCUT2D eigenvalue weighted by molar-refractivity contribution is 7.18. The Morgan fingerprint density at radius 2 is 1.79 bits per heavy atom. The van der Waals surface area contributed by atoms with E-state index in [0.717, 1.165) is 24.0 Å². The zero-order valence-electron chi connectivity index (χ0n) is 15.5. The van der Waals surface area contributed by atoms with Crippen LogP contribution in [0.15, 0.2) is 66.7 Å². The summed E-state index contributed by atoms with van der Waals surface area (Å²) >= 11 is 1.83. The maximum absolute atomic E-state index is 5.95. The molecule has 28 heavy (non-hydrogen) atoms. The van der Waals surface area contributed by atoms with Gasteiger partial charge in [-0.1, -0.05) is 48.5 Å². The summed E-state index contributed by atoms with van der Waals surface area (Å²) < 4.78 is 1.24. The van der Waals surface area contributed by atoms with Crippen molar-refractivity contribution >= 4 is 48.8 Å². The Balaban J connectivity index is 1.48.